The Labute approximate surface area is 156 Å². The van der Waals surface area contributed by atoms with Gasteiger partial charge in [0, 0.05) is 23.8 Å². The number of hydrogen-bond donors (Lipinski definition) is 1. The Kier molecular flexibility index (Phi) is 5.85. The fourth-order valence-corrected chi connectivity index (χ4v) is 3.31. The maximum Gasteiger partial charge on any atom is 0.0935 e. The second kappa shape index (κ2) is 8.08. The van der Waals surface area contributed by atoms with E-state index in [1.807, 2.05) is 12.1 Å². The fraction of sp³-hybridized carbons (Fsp3) is 0.235. The van der Waals surface area contributed by atoms with Crippen molar-refractivity contribution in [1.82, 2.24) is 0 Å². The molecule has 0 aromatic heterocycles. The van der Waals surface area contributed by atoms with Gasteiger partial charge in [0.15, 0.2) is 0 Å². The van der Waals surface area contributed by atoms with Crippen LogP contribution in [-0.2, 0) is 4.74 Å². The van der Waals surface area contributed by atoms with Crippen molar-refractivity contribution in [2.45, 2.75) is 0 Å². The first kappa shape index (κ1) is 17.4. The van der Waals surface area contributed by atoms with Crippen LogP contribution in [-0.4, -0.2) is 32.5 Å². The van der Waals surface area contributed by atoms with Crippen molar-refractivity contribution in [2.24, 2.45) is 5.10 Å². The van der Waals surface area contributed by atoms with Crippen molar-refractivity contribution < 1.29 is 4.74 Å². The average molecular weight is 385 g/mol. The first-order valence-corrected chi connectivity index (χ1v) is 8.63. The predicted octanol–water partition coefficient (Wildman–Crippen LogP) is 4.93. The fourth-order valence-electron chi connectivity index (χ4n) is 2.41. The van der Waals surface area contributed by atoms with Crippen molar-refractivity contribution in [3.8, 4) is 0 Å². The van der Waals surface area contributed by atoms with E-state index in [0.29, 0.717) is 20.8 Å². The van der Waals surface area contributed by atoms with Crippen molar-refractivity contribution in [3.63, 3.8) is 0 Å². The minimum Gasteiger partial charge on any atom is -0.378 e. The van der Waals surface area contributed by atoms with Gasteiger partial charge in [0.2, 0.25) is 0 Å². The molecule has 4 nitrogen and oxygen atoms in total. The molecular formula is C17H16Cl3N3O. The molecule has 0 radical (unpaired) electrons. The molecule has 0 atom stereocenters. The lowest BCUT2D eigenvalue weighted by Gasteiger charge is -2.28. The van der Waals surface area contributed by atoms with Crippen LogP contribution in [0.25, 0.3) is 0 Å². The van der Waals surface area contributed by atoms with Gasteiger partial charge in [-0.1, -0.05) is 46.9 Å². The van der Waals surface area contributed by atoms with E-state index in [0.717, 1.165) is 31.9 Å². The predicted molar refractivity (Wildman–Crippen MR) is 102 cm³/mol. The summed E-state index contributed by atoms with van der Waals surface area (Å²) < 4.78 is 5.37. The Balaban J connectivity index is 1.65. The van der Waals surface area contributed by atoms with E-state index in [-0.39, 0.29) is 0 Å². The molecule has 0 unspecified atom stereocenters. The zero-order chi connectivity index (χ0) is 16.9. The minimum absolute atomic E-state index is 0.423. The van der Waals surface area contributed by atoms with Crippen molar-refractivity contribution in [2.75, 3.05) is 36.6 Å². The summed E-state index contributed by atoms with van der Waals surface area (Å²) in [5, 5.41) is 5.52. The van der Waals surface area contributed by atoms with Gasteiger partial charge < -0.3 is 9.64 Å². The molecule has 7 heteroatoms. The number of hydrazone groups is 1. The molecule has 126 valence electrons. The molecule has 0 bridgehead atoms. The largest absolute Gasteiger partial charge is 0.378 e. The van der Waals surface area contributed by atoms with Gasteiger partial charge in [-0.25, -0.2) is 0 Å². The Bertz CT molecular complexity index is 705. The van der Waals surface area contributed by atoms with Crippen LogP contribution >= 0.6 is 34.8 Å². The highest BCUT2D eigenvalue weighted by atomic mass is 35.5. The first-order chi connectivity index (χ1) is 11.6. The van der Waals surface area contributed by atoms with Crippen LogP contribution in [0, 0.1) is 0 Å². The average Bonchev–Trinajstić information content (AvgIpc) is 2.58. The van der Waals surface area contributed by atoms with Crippen LogP contribution in [0.15, 0.2) is 41.5 Å². The number of rotatable bonds is 4. The summed E-state index contributed by atoms with van der Waals surface area (Å²) >= 11 is 18.1. The van der Waals surface area contributed by atoms with Crippen molar-refractivity contribution in [1.29, 1.82) is 0 Å². The van der Waals surface area contributed by atoms with Crippen LogP contribution in [0.5, 0.6) is 0 Å². The Morgan fingerprint density at radius 2 is 1.62 bits per heavy atom. The van der Waals surface area contributed by atoms with Gasteiger partial charge in [0.1, 0.15) is 0 Å². The van der Waals surface area contributed by atoms with E-state index in [2.05, 4.69) is 27.6 Å². The topological polar surface area (TPSA) is 36.9 Å². The minimum atomic E-state index is 0.423. The molecule has 1 aliphatic heterocycles. The zero-order valence-electron chi connectivity index (χ0n) is 12.8. The smallest absolute Gasteiger partial charge is 0.0935 e. The number of halogens is 3. The lowest BCUT2D eigenvalue weighted by Crippen LogP contribution is -2.36. The Morgan fingerprint density at radius 3 is 2.25 bits per heavy atom. The van der Waals surface area contributed by atoms with Crippen LogP contribution in [0.1, 0.15) is 5.56 Å². The molecular weight excluding hydrogens is 369 g/mol. The summed E-state index contributed by atoms with van der Waals surface area (Å²) in [5.41, 5.74) is 5.55. The lowest BCUT2D eigenvalue weighted by molar-refractivity contribution is 0.122. The number of anilines is 2. The maximum atomic E-state index is 6.10. The summed E-state index contributed by atoms with van der Waals surface area (Å²) in [6.07, 6.45) is 1.71. The monoisotopic (exact) mass is 383 g/mol. The number of morpholine rings is 1. The highest BCUT2D eigenvalue weighted by molar-refractivity contribution is 6.41. The molecule has 1 aliphatic rings. The summed E-state index contributed by atoms with van der Waals surface area (Å²) in [7, 11) is 0. The Hall–Kier alpha value is -1.46. The number of hydrogen-bond acceptors (Lipinski definition) is 4. The summed E-state index contributed by atoms with van der Waals surface area (Å²) in [6, 6.07) is 11.4. The molecule has 0 aliphatic carbocycles. The van der Waals surface area contributed by atoms with E-state index < -0.39 is 0 Å². The SMILES string of the molecule is Clc1cc(Cl)c(N/N=C/c2ccc(N3CCOCC3)cc2)c(Cl)c1. The van der Waals surface area contributed by atoms with E-state index in [1.54, 1.807) is 18.3 Å². The second-order valence-corrected chi connectivity index (χ2v) is 6.56. The van der Waals surface area contributed by atoms with E-state index >= 15 is 0 Å². The normalized spacial score (nSPS) is 15.0. The van der Waals surface area contributed by atoms with Gasteiger partial charge in [-0.2, -0.15) is 5.10 Å². The molecule has 1 fully saturated rings. The number of nitrogens with zero attached hydrogens (tertiary/aromatic N) is 2. The molecule has 0 spiro atoms. The molecule has 0 saturated carbocycles. The number of benzene rings is 2. The molecule has 3 rings (SSSR count). The van der Waals surface area contributed by atoms with Gasteiger partial charge in [0.25, 0.3) is 0 Å². The molecule has 1 N–H and O–H groups in total. The summed E-state index contributed by atoms with van der Waals surface area (Å²) in [5.74, 6) is 0. The third kappa shape index (κ3) is 4.33. The molecule has 2 aromatic rings. The van der Waals surface area contributed by atoms with E-state index in [4.69, 9.17) is 39.5 Å². The third-order valence-corrected chi connectivity index (χ3v) is 4.48. The Morgan fingerprint density at radius 1 is 1.00 bits per heavy atom. The first-order valence-electron chi connectivity index (χ1n) is 7.50. The highest BCUT2D eigenvalue weighted by Crippen LogP contribution is 2.33. The highest BCUT2D eigenvalue weighted by Gasteiger charge is 2.10. The molecule has 1 heterocycles. The molecule has 0 amide bonds. The molecule has 2 aromatic carbocycles. The van der Waals surface area contributed by atoms with Gasteiger partial charge in [-0.3, -0.25) is 5.43 Å². The van der Waals surface area contributed by atoms with Crippen molar-refractivity contribution in [3.05, 3.63) is 57.0 Å². The third-order valence-electron chi connectivity index (χ3n) is 3.67. The molecule has 1 saturated heterocycles. The van der Waals surface area contributed by atoms with Gasteiger partial charge in [-0.15, -0.1) is 0 Å². The zero-order valence-corrected chi connectivity index (χ0v) is 15.1. The maximum absolute atomic E-state index is 6.10. The van der Waals surface area contributed by atoms with E-state index in [9.17, 15) is 0 Å². The number of nitrogens with one attached hydrogen (secondary N) is 1. The molecule has 24 heavy (non-hydrogen) atoms. The second-order valence-electron chi connectivity index (χ2n) is 5.31. The summed E-state index contributed by atoms with van der Waals surface area (Å²) in [6.45, 7) is 3.39. The lowest BCUT2D eigenvalue weighted by atomic mass is 10.2. The van der Waals surface area contributed by atoms with Crippen LogP contribution in [0.2, 0.25) is 15.1 Å². The van der Waals surface area contributed by atoms with Crippen LogP contribution < -0.4 is 10.3 Å². The summed E-state index contributed by atoms with van der Waals surface area (Å²) in [4.78, 5) is 2.30. The van der Waals surface area contributed by atoms with Gasteiger partial charge in [0.05, 0.1) is 35.2 Å². The van der Waals surface area contributed by atoms with Crippen LogP contribution in [0.3, 0.4) is 0 Å². The van der Waals surface area contributed by atoms with Gasteiger partial charge in [-0.05, 0) is 29.8 Å². The van der Waals surface area contributed by atoms with E-state index in [1.165, 1.54) is 5.69 Å². The van der Waals surface area contributed by atoms with Gasteiger partial charge >= 0.3 is 0 Å². The van der Waals surface area contributed by atoms with Crippen LogP contribution in [0.4, 0.5) is 11.4 Å². The standard InChI is InChI=1S/C17H16Cl3N3O/c18-13-9-15(19)17(16(20)10-13)22-21-11-12-1-3-14(4-2-12)23-5-7-24-8-6-23/h1-4,9-11,22H,5-8H2/b21-11+. The number of ether oxygens (including phenoxy) is 1. The quantitative estimate of drug-likeness (QED) is 0.600. The van der Waals surface area contributed by atoms with Crippen molar-refractivity contribution >= 4 is 52.4 Å².